The first-order chi connectivity index (χ1) is 15.0. The number of nitrogens with one attached hydrogen (secondary N) is 2. The van der Waals surface area contributed by atoms with E-state index in [1.54, 1.807) is 12.1 Å². The van der Waals surface area contributed by atoms with Gasteiger partial charge in [0.15, 0.2) is 0 Å². The number of carbonyl (C=O) groups is 2. The summed E-state index contributed by atoms with van der Waals surface area (Å²) in [5, 5.41) is 5.99. The van der Waals surface area contributed by atoms with Crippen molar-refractivity contribution < 1.29 is 14.3 Å². The zero-order valence-corrected chi connectivity index (χ0v) is 18.7. The molecule has 0 radical (unpaired) electrons. The Labute approximate surface area is 189 Å². The van der Waals surface area contributed by atoms with Crippen LogP contribution in [-0.2, 0) is 11.2 Å². The van der Waals surface area contributed by atoms with E-state index in [4.69, 9.17) is 4.74 Å². The van der Waals surface area contributed by atoms with Gasteiger partial charge in [-0.2, -0.15) is 0 Å². The highest BCUT2D eigenvalue weighted by Gasteiger charge is 2.27. The van der Waals surface area contributed by atoms with Gasteiger partial charge in [-0.05, 0) is 66.9 Å². The fraction of sp³-hybridized carbons (Fsp3) is 0.200. The summed E-state index contributed by atoms with van der Waals surface area (Å²) >= 11 is 3.37. The van der Waals surface area contributed by atoms with Crippen molar-refractivity contribution in [1.82, 2.24) is 5.32 Å². The quantitative estimate of drug-likeness (QED) is 0.533. The fourth-order valence-corrected chi connectivity index (χ4v) is 3.87. The molecule has 2 unspecified atom stereocenters. The third-order valence-electron chi connectivity index (χ3n) is 5.36. The van der Waals surface area contributed by atoms with Crippen molar-refractivity contribution in [1.29, 1.82) is 0 Å². The van der Waals surface area contributed by atoms with Gasteiger partial charge in [-0.3, -0.25) is 9.59 Å². The minimum absolute atomic E-state index is 0.0358. The van der Waals surface area contributed by atoms with Crippen LogP contribution in [0.25, 0.3) is 0 Å². The first-order valence-corrected chi connectivity index (χ1v) is 11.0. The van der Waals surface area contributed by atoms with Crippen molar-refractivity contribution in [2.24, 2.45) is 5.92 Å². The molecular formula is C25H23BrN2O3. The molecule has 0 fully saturated rings. The van der Waals surface area contributed by atoms with Gasteiger partial charge < -0.3 is 15.4 Å². The normalized spacial score (nSPS) is 15.9. The van der Waals surface area contributed by atoms with E-state index in [1.165, 1.54) is 0 Å². The van der Waals surface area contributed by atoms with E-state index in [2.05, 4.69) is 26.6 Å². The molecule has 1 aliphatic rings. The standard InChI is InChI=1S/C25H23BrN2O3/c1-16(17-5-3-2-4-6-17)27-25(30)20-13-19-14-22(11-12-23(19)31-15-20)28-24(29)18-7-9-21(26)10-8-18/h2-12,14,16,20H,13,15H2,1H3,(H,27,30)(H,28,29). The Balaban J connectivity index is 1.41. The highest BCUT2D eigenvalue weighted by molar-refractivity contribution is 9.10. The molecular weight excluding hydrogens is 456 g/mol. The van der Waals surface area contributed by atoms with E-state index in [-0.39, 0.29) is 23.8 Å². The lowest BCUT2D eigenvalue weighted by Gasteiger charge is -2.26. The number of anilines is 1. The number of hydrogen-bond acceptors (Lipinski definition) is 3. The summed E-state index contributed by atoms with van der Waals surface area (Å²) in [6, 6.07) is 22.5. The third kappa shape index (κ3) is 5.14. The lowest BCUT2D eigenvalue weighted by atomic mass is 9.95. The van der Waals surface area contributed by atoms with Crippen molar-refractivity contribution in [3.8, 4) is 5.75 Å². The molecule has 0 aromatic heterocycles. The largest absolute Gasteiger partial charge is 0.492 e. The second-order valence-electron chi connectivity index (χ2n) is 7.64. The zero-order valence-electron chi connectivity index (χ0n) is 17.1. The van der Waals surface area contributed by atoms with Gasteiger partial charge in [0, 0.05) is 15.7 Å². The summed E-state index contributed by atoms with van der Waals surface area (Å²) in [4.78, 5) is 25.3. The van der Waals surface area contributed by atoms with Gasteiger partial charge in [0.05, 0.1) is 12.0 Å². The number of fused-ring (bicyclic) bond motifs is 1. The van der Waals surface area contributed by atoms with Crippen LogP contribution in [0.15, 0.2) is 77.3 Å². The molecule has 0 spiro atoms. The average Bonchev–Trinajstić information content (AvgIpc) is 2.79. The highest BCUT2D eigenvalue weighted by Crippen LogP contribution is 2.30. The van der Waals surface area contributed by atoms with Crippen LogP contribution in [-0.4, -0.2) is 18.4 Å². The number of ether oxygens (including phenoxy) is 1. The number of hydrogen-bond donors (Lipinski definition) is 2. The Hall–Kier alpha value is -3.12. The smallest absolute Gasteiger partial charge is 0.255 e. The molecule has 0 bridgehead atoms. The van der Waals surface area contributed by atoms with Gasteiger partial charge in [0.2, 0.25) is 5.91 Å². The second kappa shape index (κ2) is 9.35. The van der Waals surface area contributed by atoms with Crippen LogP contribution in [0.1, 0.15) is 34.5 Å². The molecule has 4 rings (SSSR count). The van der Waals surface area contributed by atoms with Gasteiger partial charge >= 0.3 is 0 Å². The van der Waals surface area contributed by atoms with Crippen molar-refractivity contribution in [3.05, 3.63) is 94.0 Å². The van der Waals surface area contributed by atoms with Crippen LogP contribution >= 0.6 is 15.9 Å². The molecule has 1 aliphatic heterocycles. The van der Waals surface area contributed by atoms with E-state index >= 15 is 0 Å². The highest BCUT2D eigenvalue weighted by atomic mass is 79.9. The van der Waals surface area contributed by atoms with E-state index in [1.807, 2.05) is 67.6 Å². The molecule has 0 saturated heterocycles. The zero-order chi connectivity index (χ0) is 21.8. The Morgan fingerprint density at radius 1 is 1.03 bits per heavy atom. The van der Waals surface area contributed by atoms with Crippen LogP contribution < -0.4 is 15.4 Å². The van der Waals surface area contributed by atoms with Gasteiger partial charge in [-0.15, -0.1) is 0 Å². The summed E-state index contributed by atoms with van der Waals surface area (Å²) in [5.74, 6) is 0.249. The van der Waals surface area contributed by atoms with Crippen LogP contribution in [0.2, 0.25) is 0 Å². The molecule has 2 N–H and O–H groups in total. The lowest BCUT2D eigenvalue weighted by molar-refractivity contribution is -0.126. The summed E-state index contributed by atoms with van der Waals surface area (Å²) in [6.07, 6.45) is 0.560. The molecule has 0 saturated carbocycles. The van der Waals surface area contributed by atoms with Crippen LogP contribution in [0, 0.1) is 5.92 Å². The number of rotatable bonds is 5. The second-order valence-corrected chi connectivity index (χ2v) is 8.55. The maximum absolute atomic E-state index is 12.8. The fourth-order valence-electron chi connectivity index (χ4n) is 3.60. The van der Waals surface area contributed by atoms with E-state index in [0.717, 1.165) is 21.3 Å². The topological polar surface area (TPSA) is 67.4 Å². The van der Waals surface area contributed by atoms with E-state index < -0.39 is 0 Å². The van der Waals surface area contributed by atoms with Crippen molar-refractivity contribution in [3.63, 3.8) is 0 Å². The van der Waals surface area contributed by atoms with E-state index in [0.29, 0.717) is 24.3 Å². The number of carbonyl (C=O) groups excluding carboxylic acids is 2. The van der Waals surface area contributed by atoms with Gasteiger partial charge in [0.25, 0.3) is 5.91 Å². The van der Waals surface area contributed by atoms with Crippen molar-refractivity contribution >= 4 is 33.4 Å². The van der Waals surface area contributed by atoms with Crippen molar-refractivity contribution in [2.75, 3.05) is 11.9 Å². The third-order valence-corrected chi connectivity index (χ3v) is 5.89. The maximum Gasteiger partial charge on any atom is 0.255 e. The molecule has 2 atom stereocenters. The molecule has 2 amide bonds. The molecule has 31 heavy (non-hydrogen) atoms. The summed E-state index contributed by atoms with van der Waals surface area (Å²) in [5.41, 5.74) is 3.22. The predicted octanol–water partition coefficient (Wildman–Crippen LogP) is 5.13. The summed E-state index contributed by atoms with van der Waals surface area (Å²) in [6.45, 7) is 2.31. The minimum Gasteiger partial charge on any atom is -0.492 e. The first-order valence-electron chi connectivity index (χ1n) is 10.2. The predicted molar refractivity (Wildman–Crippen MR) is 124 cm³/mol. The maximum atomic E-state index is 12.8. The molecule has 6 heteroatoms. The molecule has 158 valence electrons. The van der Waals surface area contributed by atoms with Crippen molar-refractivity contribution in [2.45, 2.75) is 19.4 Å². The lowest BCUT2D eigenvalue weighted by Crippen LogP contribution is -2.38. The summed E-state index contributed by atoms with van der Waals surface area (Å²) in [7, 11) is 0. The number of halogens is 1. The van der Waals surface area contributed by atoms with Gasteiger partial charge in [-0.1, -0.05) is 46.3 Å². The molecule has 1 heterocycles. The monoisotopic (exact) mass is 478 g/mol. The molecule has 0 aliphatic carbocycles. The SMILES string of the molecule is CC(NC(=O)C1COc2ccc(NC(=O)c3ccc(Br)cc3)cc2C1)c1ccccc1. The first kappa shape index (κ1) is 21.1. The Morgan fingerprint density at radius 2 is 1.77 bits per heavy atom. The Kier molecular flexibility index (Phi) is 6.37. The Morgan fingerprint density at radius 3 is 2.52 bits per heavy atom. The van der Waals surface area contributed by atoms with E-state index in [9.17, 15) is 9.59 Å². The minimum atomic E-state index is -0.281. The van der Waals surface area contributed by atoms with Crippen LogP contribution in [0.5, 0.6) is 5.75 Å². The molecule has 5 nitrogen and oxygen atoms in total. The average molecular weight is 479 g/mol. The van der Waals surface area contributed by atoms with Gasteiger partial charge in [0.1, 0.15) is 12.4 Å². The van der Waals surface area contributed by atoms with Gasteiger partial charge in [-0.25, -0.2) is 0 Å². The summed E-state index contributed by atoms with van der Waals surface area (Å²) < 4.78 is 6.74. The molecule has 3 aromatic rings. The number of amides is 2. The Bertz CT molecular complexity index is 1080. The van der Waals surface area contributed by atoms with Crippen LogP contribution in [0.3, 0.4) is 0 Å². The number of benzene rings is 3. The molecule has 3 aromatic carbocycles. The van der Waals surface area contributed by atoms with Crippen LogP contribution in [0.4, 0.5) is 5.69 Å².